The van der Waals surface area contributed by atoms with Crippen molar-refractivity contribution in [3.8, 4) is 17.0 Å². The lowest BCUT2D eigenvalue weighted by Crippen LogP contribution is -2.20. The first-order valence-corrected chi connectivity index (χ1v) is 8.60. The highest BCUT2D eigenvalue weighted by Gasteiger charge is 2.11. The van der Waals surface area contributed by atoms with Gasteiger partial charge in [-0.1, -0.05) is 12.1 Å². The van der Waals surface area contributed by atoms with Gasteiger partial charge in [0.2, 0.25) is 0 Å². The van der Waals surface area contributed by atoms with E-state index in [0.717, 1.165) is 11.3 Å². The van der Waals surface area contributed by atoms with Crippen LogP contribution in [-0.2, 0) is 4.79 Å². The van der Waals surface area contributed by atoms with Crippen molar-refractivity contribution < 1.29 is 13.9 Å². The SMILES string of the molecule is Nc1ccc(-c2cn3cccc(OCC(=O)Nc4ccc(F)cc4)c3n2)cc1. The van der Waals surface area contributed by atoms with E-state index in [9.17, 15) is 9.18 Å². The van der Waals surface area contributed by atoms with Crippen molar-refractivity contribution in [3.05, 3.63) is 78.9 Å². The Morgan fingerprint density at radius 1 is 1.11 bits per heavy atom. The van der Waals surface area contributed by atoms with Crippen LogP contribution in [0, 0.1) is 5.82 Å². The molecule has 4 aromatic rings. The van der Waals surface area contributed by atoms with Gasteiger partial charge >= 0.3 is 0 Å². The van der Waals surface area contributed by atoms with Gasteiger partial charge in [-0.3, -0.25) is 4.79 Å². The molecule has 0 aliphatic carbocycles. The Kier molecular flexibility index (Phi) is 4.63. The molecule has 140 valence electrons. The molecule has 7 heteroatoms. The predicted molar refractivity (Wildman–Crippen MR) is 106 cm³/mol. The molecular weight excluding hydrogens is 359 g/mol. The maximum atomic E-state index is 12.9. The number of aromatic nitrogens is 2. The molecule has 2 heterocycles. The fourth-order valence-corrected chi connectivity index (χ4v) is 2.77. The van der Waals surface area contributed by atoms with Gasteiger partial charge in [-0.2, -0.15) is 0 Å². The van der Waals surface area contributed by atoms with Crippen molar-refractivity contribution in [2.45, 2.75) is 0 Å². The number of carbonyl (C=O) groups excluding carboxylic acids is 1. The summed E-state index contributed by atoms with van der Waals surface area (Å²) in [7, 11) is 0. The van der Waals surface area contributed by atoms with Crippen LogP contribution >= 0.6 is 0 Å². The third-order valence-electron chi connectivity index (χ3n) is 4.14. The molecule has 0 saturated carbocycles. The summed E-state index contributed by atoms with van der Waals surface area (Å²) in [4.78, 5) is 16.7. The van der Waals surface area contributed by atoms with E-state index in [1.54, 1.807) is 6.07 Å². The molecule has 0 aliphatic rings. The number of nitrogen functional groups attached to an aromatic ring is 1. The second-order valence-corrected chi connectivity index (χ2v) is 6.20. The Hall–Kier alpha value is -3.87. The average molecular weight is 376 g/mol. The number of fused-ring (bicyclic) bond motifs is 1. The molecule has 1 amide bonds. The number of rotatable bonds is 5. The van der Waals surface area contributed by atoms with Gasteiger partial charge < -0.3 is 20.2 Å². The highest BCUT2D eigenvalue weighted by molar-refractivity contribution is 5.91. The number of hydrogen-bond acceptors (Lipinski definition) is 4. The number of nitrogens with one attached hydrogen (secondary N) is 1. The molecule has 4 rings (SSSR count). The van der Waals surface area contributed by atoms with Crippen LogP contribution in [0.4, 0.5) is 15.8 Å². The van der Waals surface area contributed by atoms with Crippen LogP contribution in [0.3, 0.4) is 0 Å². The molecule has 0 saturated heterocycles. The maximum absolute atomic E-state index is 12.9. The van der Waals surface area contributed by atoms with Gasteiger partial charge in [0.15, 0.2) is 18.0 Å². The summed E-state index contributed by atoms with van der Waals surface area (Å²) in [5.41, 5.74) is 9.22. The first kappa shape index (κ1) is 17.5. The average Bonchev–Trinajstić information content (AvgIpc) is 3.13. The lowest BCUT2D eigenvalue weighted by Gasteiger charge is -2.08. The highest BCUT2D eigenvalue weighted by Crippen LogP contribution is 2.25. The Bertz CT molecular complexity index is 1120. The van der Waals surface area contributed by atoms with Crippen molar-refractivity contribution >= 4 is 22.9 Å². The van der Waals surface area contributed by atoms with Gasteiger partial charge in [-0.05, 0) is 48.5 Å². The molecule has 0 spiro atoms. The van der Waals surface area contributed by atoms with Crippen LogP contribution < -0.4 is 15.8 Å². The van der Waals surface area contributed by atoms with Gasteiger partial charge in [-0.25, -0.2) is 9.37 Å². The molecule has 3 N–H and O–H groups in total. The monoisotopic (exact) mass is 376 g/mol. The van der Waals surface area contributed by atoms with E-state index in [-0.39, 0.29) is 18.3 Å². The van der Waals surface area contributed by atoms with Crippen LogP contribution in [0.2, 0.25) is 0 Å². The Morgan fingerprint density at radius 2 is 1.86 bits per heavy atom. The number of hydrogen-bond donors (Lipinski definition) is 2. The van der Waals surface area contributed by atoms with Crippen molar-refractivity contribution in [2.75, 3.05) is 17.7 Å². The molecule has 0 unspecified atom stereocenters. The van der Waals surface area contributed by atoms with Crippen LogP contribution in [0.15, 0.2) is 73.1 Å². The smallest absolute Gasteiger partial charge is 0.262 e. The third-order valence-corrected chi connectivity index (χ3v) is 4.14. The highest BCUT2D eigenvalue weighted by atomic mass is 19.1. The van der Waals surface area contributed by atoms with Crippen molar-refractivity contribution in [3.63, 3.8) is 0 Å². The zero-order valence-corrected chi connectivity index (χ0v) is 14.8. The van der Waals surface area contributed by atoms with Gasteiger partial charge in [-0.15, -0.1) is 0 Å². The number of anilines is 2. The maximum Gasteiger partial charge on any atom is 0.262 e. The Balaban J connectivity index is 1.50. The lowest BCUT2D eigenvalue weighted by atomic mass is 10.1. The number of ether oxygens (including phenoxy) is 1. The number of benzene rings is 2. The Labute approximate surface area is 160 Å². The van der Waals surface area contributed by atoms with Gasteiger partial charge in [0.1, 0.15) is 5.82 Å². The van der Waals surface area contributed by atoms with Gasteiger partial charge in [0.05, 0.1) is 5.69 Å². The largest absolute Gasteiger partial charge is 0.480 e. The molecule has 0 bridgehead atoms. The fraction of sp³-hybridized carbons (Fsp3) is 0.0476. The number of halogens is 1. The van der Waals surface area contributed by atoms with Crippen molar-refractivity contribution in [1.29, 1.82) is 0 Å². The number of imidazole rings is 1. The summed E-state index contributed by atoms with van der Waals surface area (Å²) in [6.07, 6.45) is 3.74. The molecule has 2 aromatic heterocycles. The van der Waals surface area contributed by atoms with Crippen LogP contribution in [0.25, 0.3) is 16.9 Å². The van der Waals surface area contributed by atoms with E-state index < -0.39 is 0 Å². The molecule has 28 heavy (non-hydrogen) atoms. The van der Waals surface area contributed by atoms with E-state index >= 15 is 0 Å². The third kappa shape index (κ3) is 3.78. The van der Waals surface area contributed by atoms with Crippen molar-refractivity contribution in [2.24, 2.45) is 0 Å². The number of carbonyl (C=O) groups is 1. The van der Waals surface area contributed by atoms with Crippen LogP contribution in [0.5, 0.6) is 5.75 Å². The van der Waals surface area contributed by atoms with E-state index in [1.165, 1.54) is 24.3 Å². The minimum absolute atomic E-state index is 0.193. The first-order valence-electron chi connectivity index (χ1n) is 8.60. The summed E-state index contributed by atoms with van der Waals surface area (Å²) >= 11 is 0. The van der Waals surface area contributed by atoms with E-state index in [2.05, 4.69) is 10.3 Å². The van der Waals surface area contributed by atoms with E-state index in [0.29, 0.717) is 22.8 Å². The minimum atomic E-state index is -0.364. The summed E-state index contributed by atoms with van der Waals surface area (Å²) in [6, 6.07) is 16.5. The number of nitrogens with two attached hydrogens (primary N) is 1. The number of nitrogens with zero attached hydrogens (tertiary/aromatic N) is 2. The molecule has 6 nitrogen and oxygen atoms in total. The van der Waals surface area contributed by atoms with Crippen molar-refractivity contribution in [1.82, 2.24) is 9.38 Å². The normalized spacial score (nSPS) is 10.8. The lowest BCUT2D eigenvalue weighted by molar-refractivity contribution is -0.118. The van der Waals surface area contributed by atoms with Gasteiger partial charge in [0, 0.05) is 29.3 Å². The zero-order valence-electron chi connectivity index (χ0n) is 14.8. The second-order valence-electron chi connectivity index (χ2n) is 6.20. The minimum Gasteiger partial charge on any atom is -0.480 e. The summed E-state index contributed by atoms with van der Waals surface area (Å²) in [5.74, 6) is -0.227. The molecule has 0 radical (unpaired) electrons. The standard InChI is InChI=1S/C21H17FN4O2/c22-15-5-9-17(10-6-15)24-20(27)13-28-19-2-1-11-26-12-18(25-21(19)26)14-3-7-16(23)8-4-14/h1-12H,13,23H2,(H,24,27). The van der Waals surface area contributed by atoms with E-state index in [1.807, 2.05) is 47.1 Å². The van der Waals surface area contributed by atoms with Gasteiger partial charge in [0.25, 0.3) is 5.91 Å². The topological polar surface area (TPSA) is 81.6 Å². The second kappa shape index (κ2) is 7.40. The summed E-state index contributed by atoms with van der Waals surface area (Å²) in [5, 5.41) is 2.65. The van der Waals surface area contributed by atoms with E-state index in [4.69, 9.17) is 10.5 Å². The molecule has 2 aromatic carbocycles. The number of pyridine rings is 1. The zero-order chi connectivity index (χ0) is 19.5. The molecular formula is C21H17FN4O2. The predicted octanol–water partition coefficient (Wildman–Crippen LogP) is 3.74. The summed E-state index contributed by atoms with van der Waals surface area (Å²) < 4.78 is 20.4. The van der Waals surface area contributed by atoms with Crippen LogP contribution in [0.1, 0.15) is 0 Å². The quantitative estimate of drug-likeness (QED) is 0.520. The fourth-order valence-electron chi connectivity index (χ4n) is 2.77. The molecule has 0 atom stereocenters. The number of amides is 1. The van der Waals surface area contributed by atoms with Crippen LogP contribution in [-0.4, -0.2) is 21.9 Å². The first-order chi connectivity index (χ1) is 13.6. The summed E-state index contributed by atoms with van der Waals surface area (Å²) in [6.45, 7) is -0.193. The molecule has 0 fully saturated rings. The Morgan fingerprint density at radius 3 is 2.61 bits per heavy atom. The molecule has 0 aliphatic heterocycles.